The van der Waals surface area contributed by atoms with Crippen LogP contribution in [0.5, 0.6) is 11.5 Å². The summed E-state index contributed by atoms with van der Waals surface area (Å²) >= 11 is 6.77. The third-order valence-corrected chi connectivity index (χ3v) is 7.16. The van der Waals surface area contributed by atoms with Crippen molar-refractivity contribution >= 4 is 48.7 Å². The van der Waals surface area contributed by atoms with Crippen LogP contribution in [0.25, 0.3) is 11.0 Å². The number of fused-ring (bicyclic) bond motifs is 2. The zero-order valence-electron chi connectivity index (χ0n) is 18.5. The molecule has 0 radical (unpaired) electrons. The monoisotopic (exact) mass is 578 g/mol. The first-order valence-corrected chi connectivity index (χ1v) is 12.2. The van der Waals surface area contributed by atoms with Gasteiger partial charge < -0.3 is 24.1 Å². The third kappa shape index (κ3) is 4.18. The zero-order valence-corrected chi connectivity index (χ0v) is 21.7. The van der Waals surface area contributed by atoms with E-state index in [1.165, 1.54) is 7.11 Å². The van der Waals surface area contributed by atoms with Crippen molar-refractivity contribution < 1.29 is 19.1 Å². The fraction of sp³-hybridized carbons (Fsp3) is 0.333. The number of aromatic hydroxyl groups is 1. The van der Waals surface area contributed by atoms with Gasteiger partial charge in [0.2, 0.25) is 5.76 Å². The molecular formula is C24H24Br2N2O5. The first-order chi connectivity index (χ1) is 15.8. The van der Waals surface area contributed by atoms with Gasteiger partial charge in [0.1, 0.15) is 5.58 Å². The molecule has 0 aliphatic carbocycles. The Balaban J connectivity index is 1.93. The van der Waals surface area contributed by atoms with Crippen molar-refractivity contribution in [1.29, 1.82) is 0 Å². The van der Waals surface area contributed by atoms with E-state index in [1.807, 2.05) is 0 Å². The lowest BCUT2D eigenvalue weighted by Crippen LogP contribution is -2.37. The van der Waals surface area contributed by atoms with Crippen LogP contribution < -0.4 is 10.2 Å². The standard InChI is InChI=1S/C24H24Br2N2O5/c1-4-27(5-2)8-9-28-20(13-10-16(26)22(30)18(11-13)32-3)19-21(29)15-12-14(25)6-7-17(15)33-23(19)24(28)31/h6-7,10-12,20,30H,4-5,8-9H2,1-3H3. The van der Waals surface area contributed by atoms with Gasteiger partial charge in [-0.15, -0.1) is 0 Å². The van der Waals surface area contributed by atoms with Gasteiger partial charge in [0.25, 0.3) is 5.91 Å². The Morgan fingerprint density at radius 2 is 1.88 bits per heavy atom. The molecule has 0 spiro atoms. The average Bonchev–Trinajstić information content (AvgIpc) is 3.08. The van der Waals surface area contributed by atoms with Gasteiger partial charge in [-0.25, -0.2) is 0 Å². The Bertz CT molecular complexity index is 1290. The molecular weight excluding hydrogens is 556 g/mol. The summed E-state index contributed by atoms with van der Waals surface area (Å²) in [5, 5.41) is 10.7. The number of phenolic OH excluding ortho intramolecular Hbond substituents is 1. The molecule has 0 saturated heterocycles. The lowest BCUT2D eigenvalue weighted by Gasteiger charge is -2.28. The Hall–Kier alpha value is -2.36. The van der Waals surface area contributed by atoms with E-state index in [0.29, 0.717) is 39.7 Å². The van der Waals surface area contributed by atoms with Crippen LogP contribution in [-0.2, 0) is 0 Å². The summed E-state index contributed by atoms with van der Waals surface area (Å²) in [6.07, 6.45) is 0. The lowest BCUT2D eigenvalue weighted by molar-refractivity contribution is 0.0708. The molecule has 1 atom stereocenters. The molecule has 7 nitrogen and oxygen atoms in total. The minimum atomic E-state index is -0.673. The Kier molecular flexibility index (Phi) is 6.83. The minimum absolute atomic E-state index is 0.0463. The van der Waals surface area contributed by atoms with Crippen LogP contribution in [0, 0.1) is 0 Å². The molecule has 0 bridgehead atoms. The molecule has 9 heteroatoms. The number of halogens is 2. The zero-order chi connectivity index (χ0) is 23.9. The third-order valence-electron chi connectivity index (χ3n) is 6.07. The van der Waals surface area contributed by atoms with Crippen LogP contribution in [-0.4, -0.2) is 54.1 Å². The number of hydrogen-bond acceptors (Lipinski definition) is 6. The van der Waals surface area contributed by atoms with Crippen LogP contribution >= 0.6 is 31.9 Å². The average molecular weight is 580 g/mol. The molecule has 0 fully saturated rings. The molecule has 33 heavy (non-hydrogen) atoms. The van der Waals surface area contributed by atoms with Crippen molar-refractivity contribution in [3.63, 3.8) is 0 Å². The highest BCUT2D eigenvalue weighted by molar-refractivity contribution is 9.10. The van der Waals surface area contributed by atoms with Gasteiger partial charge in [0.15, 0.2) is 16.9 Å². The van der Waals surface area contributed by atoms with Gasteiger partial charge in [0.05, 0.1) is 28.6 Å². The summed E-state index contributed by atoms with van der Waals surface area (Å²) < 4.78 is 12.5. The largest absolute Gasteiger partial charge is 0.503 e. The first kappa shape index (κ1) is 23.8. The minimum Gasteiger partial charge on any atom is -0.503 e. The van der Waals surface area contributed by atoms with E-state index in [-0.39, 0.29) is 28.6 Å². The molecule has 1 aliphatic heterocycles. The van der Waals surface area contributed by atoms with Gasteiger partial charge in [-0.1, -0.05) is 29.8 Å². The van der Waals surface area contributed by atoms with E-state index < -0.39 is 6.04 Å². The molecule has 1 amide bonds. The number of ether oxygens (including phenoxy) is 1. The second-order valence-corrected chi connectivity index (χ2v) is 9.57. The van der Waals surface area contributed by atoms with Crippen LogP contribution in [0.3, 0.4) is 0 Å². The number of benzene rings is 2. The number of rotatable bonds is 7. The maximum absolute atomic E-state index is 13.6. The topological polar surface area (TPSA) is 83.2 Å². The number of hydrogen-bond donors (Lipinski definition) is 1. The first-order valence-electron chi connectivity index (χ1n) is 10.7. The van der Waals surface area contributed by atoms with Crippen molar-refractivity contribution in [3.05, 3.63) is 66.4 Å². The van der Waals surface area contributed by atoms with Gasteiger partial charge in [-0.3, -0.25) is 9.59 Å². The molecule has 2 aromatic carbocycles. The predicted octanol–water partition coefficient (Wildman–Crippen LogP) is 4.92. The summed E-state index contributed by atoms with van der Waals surface area (Å²) in [6, 6.07) is 7.85. The van der Waals surface area contributed by atoms with Crippen LogP contribution in [0.2, 0.25) is 0 Å². The number of methoxy groups -OCH3 is 1. The number of phenols is 1. The molecule has 2 heterocycles. The highest BCUT2D eigenvalue weighted by atomic mass is 79.9. The second kappa shape index (κ2) is 9.48. The Morgan fingerprint density at radius 3 is 2.55 bits per heavy atom. The number of carbonyl (C=O) groups excluding carboxylic acids is 1. The van der Waals surface area contributed by atoms with Gasteiger partial charge >= 0.3 is 0 Å². The number of carbonyl (C=O) groups is 1. The summed E-state index contributed by atoms with van der Waals surface area (Å²) in [7, 11) is 1.45. The van der Waals surface area contributed by atoms with Crippen molar-refractivity contribution in [3.8, 4) is 11.5 Å². The summed E-state index contributed by atoms with van der Waals surface area (Å²) in [5.41, 5.74) is 1.05. The van der Waals surface area contributed by atoms with Crippen LogP contribution in [0.15, 0.2) is 48.5 Å². The second-order valence-electron chi connectivity index (χ2n) is 7.80. The quantitative estimate of drug-likeness (QED) is 0.428. The van der Waals surface area contributed by atoms with Crippen molar-refractivity contribution in [1.82, 2.24) is 9.80 Å². The predicted molar refractivity (Wildman–Crippen MR) is 133 cm³/mol. The molecule has 1 aliphatic rings. The fourth-order valence-electron chi connectivity index (χ4n) is 4.27. The summed E-state index contributed by atoms with van der Waals surface area (Å²) in [4.78, 5) is 31.0. The molecule has 0 saturated carbocycles. The fourth-order valence-corrected chi connectivity index (χ4v) is 5.09. The van der Waals surface area contributed by atoms with E-state index in [2.05, 4.69) is 50.6 Å². The van der Waals surface area contributed by atoms with Crippen molar-refractivity contribution in [2.45, 2.75) is 19.9 Å². The molecule has 4 rings (SSSR count). The highest BCUT2D eigenvalue weighted by Crippen LogP contribution is 2.43. The van der Waals surface area contributed by atoms with Gasteiger partial charge in [-0.05, 0) is 64.9 Å². The van der Waals surface area contributed by atoms with Gasteiger partial charge in [0, 0.05) is 17.6 Å². The maximum atomic E-state index is 13.6. The van der Waals surface area contributed by atoms with Gasteiger partial charge in [-0.2, -0.15) is 0 Å². The highest BCUT2D eigenvalue weighted by Gasteiger charge is 2.43. The number of nitrogens with zero attached hydrogens (tertiary/aromatic N) is 2. The number of amides is 1. The van der Waals surface area contributed by atoms with E-state index in [4.69, 9.17) is 9.15 Å². The van der Waals surface area contributed by atoms with E-state index in [1.54, 1.807) is 35.2 Å². The number of likely N-dealkylation sites (N-methyl/N-ethyl adjacent to an activating group) is 1. The Labute approximate surface area is 208 Å². The molecule has 1 unspecified atom stereocenters. The van der Waals surface area contributed by atoms with E-state index in [9.17, 15) is 14.7 Å². The van der Waals surface area contributed by atoms with E-state index >= 15 is 0 Å². The SMILES string of the molecule is CCN(CC)CCN1C(=O)c2oc3ccc(Br)cc3c(=O)c2C1c1cc(Br)c(O)c(OC)c1. The lowest BCUT2D eigenvalue weighted by atomic mass is 9.98. The van der Waals surface area contributed by atoms with Crippen molar-refractivity contribution in [2.24, 2.45) is 0 Å². The van der Waals surface area contributed by atoms with Crippen LogP contribution in [0.1, 0.15) is 41.6 Å². The van der Waals surface area contributed by atoms with Crippen LogP contribution in [0.4, 0.5) is 0 Å². The molecule has 3 aromatic rings. The van der Waals surface area contributed by atoms with E-state index in [0.717, 1.165) is 17.6 Å². The molecule has 1 aromatic heterocycles. The smallest absolute Gasteiger partial charge is 0.290 e. The molecule has 1 N–H and O–H groups in total. The maximum Gasteiger partial charge on any atom is 0.290 e. The normalized spacial score (nSPS) is 15.5. The summed E-state index contributed by atoms with van der Waals surface area (Å²) in [6.45, 7) is 6.90. The molecule has 174 valence electrons. The summed E-state index contributed by atoms with van der Waals surface area (Å²) in [5.74, 6) is -0.0679. The Morgan fingerprint density at radius 1 is 1.15 bits per heavy atom. The van der Waals surface area contributed by atoms with Crippen molar-refractivity contribution in [2.75, 3.05) is 33.3 Å².